The zero-order chi connectivity index (χ0) is 22.1. The molecule has 0 saturated heterocycles. The summed E-state index contributed by atoms with van der Waals surface area (Å²) in [4.78, 5) is 17.0. The summed E-state index contributed by atoms with van der Waals surface area (Å²) in [5.41, 5.74) is 2.26. The van der Waals surface area contributed by atoms with Crippen LogP contribution >= 0.6 is 0 Å². The summed E-state index contributed by atoms with van der Waals surface area (Å²) in [6, 6.07) is 17.0. The second kappa shape index (κ2) is 8.23. The van der Waals surface area contributed by atoms with E-state index in [4.69, 9.17) is 4.74 Å². The van der Waals surface area contributed by atoms with Crippen molar-refractivity contribution < 1.29 is 13.9 Å². The van der Waals surface area contributed by atoms with E-state index in [1.165, 1.54) is 0 Å². The minimum Gasteiger partial charge on any atom is -0.497 e. The summed E-state index contributed by atoms with van der Waals surface area (Å²) in [6.07, 6.45) is 10.2. The maximum atomic E-state index is 15.2. The summed E-state index contributed by atoms with van der Waals surface area (Å²) in [5.74, 6) is 0.228. The van der Waals surface area contributed by atoms with Gasteiger partial charge in [-0.3, -0.25) is 9.79 Å². The van der Waals surface area contributed by atoms with Crippen LogP contribution < -0.4 is 10.1 Å². The van der Waals surface area contributed by atoms with E-state index < -0.39 is 11.6 Å². The highest BCUT2D eigenvalue weighted by Gasteiger charge is 2.60. The first-order chi connectivity index (χ1) is 15.6. The first-order valence-electron chi connectivity index (χ1n) is 10.9. The molecule has 1 heterocycles. The van der Waals surface area contributed by atoms with Crippen LogP contribution in [0.4, 0.5) is 4.39 Å². The first-order valence-corrected chi connectivity index (χ1v) is 10.9. The van der Waals surface area contributed by atoms with Gasteiger partial charge in [0, 0.05) is 37.2 Å². The standard InChI is InChI=1S/C27H25FN2O2/c1-32-21-9-5-6-18(14-21)22-11-10-19(24-17-29-13-12-23(22)24)16-30-26(31)25-15-27(25,28)20-7-3-2-4-8-20/h2-14,17,22-23,25H,15-16H2,1H3,(H,30,31). The van der Waals surface area contributed by atoms with Crippen LogP contribution in [-0.4, -0.2) is 25.8 Å². The number of hydrogen-bond donors (Lipinski definition) is 1. The van der Waals surface area contributed by atoms with E-state index in [2.05, 4.69) is 34.6 Å². The molecule has 4 unspecified atom stereocenters. The molecule has 1 saturated carbocycles. The van der Waals surface area contributed by atoms with E-state index in [1.54, 1.807) is 31.4 Å². The molecule has 1 amide bonds. The van der Waals surface area contributed by atoms with E-state index in [-0.39, 0.29) is 24.2 Å². The van der Waals surface area contributed by atoms with E-state index in [0.29, 0.717) is 12.1 Å². The fourth-order valence-corrected chi connectivity index (χ4v) is 4.71. The molecule has 0 aromatic heterocycles. The highest BCUT2D eigenvalue weighted by atomic mass is 19.1. The fourth-order valence-electron chi connectivity index (χ4n) is 4.71. The monoisotopic (exact) mass is 428 g/mol. The zero-order valence-electron chi connectivity index (χ0n) is 17.9. The fraction of sp³-hybridized carbons (Fsp3) is 0.259. The van der Waals surface area contributed by atoms with Crippen LogP contribution in [0.2, 0.25) is 0 Å². The average Bonchev–Trinajstić information content (AvgIpc) is 3.56. The number of carbonyl (C=O) groups excluding carboxylic acids is 1. The Hall–Kier alpha value is -3.47. The normalized spacial score (nSPS) is 27.8. The molecule has 32 heavy (non-hydrogen) atoms. The number of aliphatic imine (C=N–C) groups is 1. The number of allylic oxidation sites excluding steroid dienone is 3. The maximum Gasteiger partial charge on any atom is 0.227 e. The second-order valence-electron chi connectivity index (χ2n) is 8.49. The number of ether oxygens (including phenoxy) is 1. The Morgan fingerprint density at radius 1 is 1.16 bits per heavy atom. The maximum absolute atomic E-state index is 15.2. The van der Waals surface area contributed by atoms with Gasteiger partial charge in [-0.1, -0.05) is 60.7 Å². The molecule has 4 atom stereocenters. The third-order valence-corrected chi connectivity index (χ3v) is 6.61. The lowest BCUT2D eigenvalue weighted by atomic mass is 9.75. The lowest BCUT2D eigenvalue weighted by Gasteiger charge is -2.30. The molecule has 1 fully saturated rings. The molecular formula is C27H25FN2O2. The molecule has 0 radical (unpaired) electrons. The average molecular weight is 429 g/mol. The van der Waals surface area contributed by atoms with Crippen LogP contribution in [0.5, 0.6) is 5.75 Å². The molecule has 4 nitrogen and oxygen atoms in total. The largest absolute Gasteiger partial charge is 0.497 e. The number of nitrogens with zero attached hydrogens (tertiary/aromatic N) is 1. The summed E-state index contributed by atoms with van der Waals surface area (Å²) in [5, 5.41) is 2.95. The molecule has 2 aromatic carbocycles. The van der Waals surface area contributed by atoms with Crippen LogP contribution in [0.3, 0.4) is 0 Å². The van der Waals surface area contributed by atoms with Gasteiger partial charge in [-0.15, -0.1) is 0 Å². The molecule has 162 valence electrons. The van der Waals surface area contributed by atoms with Crippen molar-refractivity contribution in [2.24, 2.45) is 16.8 Å². The minimum atomic E-state index is -1.55. The highest BCUT2D eigenvalue weighted by molar-refractivity contribution is 5.86. The lowest BCUT2D eigenvalue weighted by molar-refractivity contribution is -0.123. The van der Waals surface area contributed by atoms with Gasteiger partial charge >= 0.3 is 0 Å². The Morgan fingerprint density at radius 3 is 2.81 bits per heavy atom. The van der Waals surface area contributed by atoms with Crippen molar-refractivity contribution in [3.05, 3.63) is 101 Å². The number of halogens is 1. The number of rotatable bonds is 6. The number of benzene rings is 2. The summed E-state index contributed by atoms with van der Waals surface area (Å²) in [7, 11) is 1.67. The number of fused-ring (bicyclic) bond motifs is 1. The smallest absolute Gasteiger partial charge is 0.227 e. The number of carbonyl (C=O) groups is 1. The molecule has 2 aromatic rings. The third-order valence-electron chi connectivity index (χ3n) is 6.61. The molecule has 1 N–H and O–H groups in total. The van der Waals surface area contributed by atoms with Crippen LogP contribution in [0.1, 0.15) is 23.5 Å². The molecule has 5 heteroatoms. The van der Waals surface area contributed by atoms with Gasteiger partial charge in [-0.05, 0) is 34.4 Å². The van der Waals surface area contributed by atoms with Crippen LogP contribution in [-0.2, 0) is 10.5 Å². The molecule has 3 aliphatic rings. The van der Waals surface area contributed by atoms with Gasteiger partial charge < -0.3 is 10.1 Å². The van der Waals surface area contributed by atoms with Gasteiger partial charge in [0.15, 0.2) is 0 Å². The number of hydrogen-bond acceptors (Lipinski definition) is 3. The molecule has 0 bridgehead atoms. The molecule has 1 aliphatic heterocycles. The number of nitrogens with one attached hydrogen (secondary N) is 1. The Kier molecular flexibility index (Phi) is 5.25. The Balaban J connectivity index is 1.30. The van der Waals surface area contributed by atoms with Crippen LogP contribution in [0, 0.1) is 11.8 Å². The number of amides is 1. The van der Waals surface area contributed by atoms with E-state index >= 15 is 4.39 Å². The van der Waals surface area contributed by atoms with E-state index in [9.17, 15) is 4.79 Å². The van der Waals surface area contributed by atoms with Crippen LogP contribution in [0.15, 0.2) is 95.2 Å². The second-order valence-corrected chi connectivity index (χ2v) is 8.49. The predicted octanol–water partition coefficient (Wildman–Crippen LogP) is 4.86. The molecule has 5 rings (SSSR count). The lowest BCUT2D eigenvalue weighted by Crippen LogP contribution is -2.31. The zero-order valence-corrected chi connectivity index (χ0v) is 17.9. The molecular weight excluding hydrogens is 403 g/mol. The Labute approximate surface area is 187 Å². The van der Waals surface area contributed by atoms with Crippen LogP contribution in [0.25, 0.3) is 0 Å². The topological polar surface area (TPSA) is 50.7 Å². The van der Waals surface area contributed by atoms with E-state index in [1.807, 2.05) is 36.7 Å². The third kappa shape index (κ3) is 3.68. The Morgan fingerprint density at radius 2 is 2.00 bits per heavy atom. The van der Waals surface area contributed by atoms with Gasteiger partial charge in [-0.2, -0.15) is 0 Å². The van der Waals surface area contributed by atoms with Crippen molar-refractivity contribution in [1.29, 1.82) is 0 Å². The minimum absolute atomic E-state index is 0.127. The molecule has 2 aliphatic carbocycles. The summed E-state index contributed by atoms with van der Waals surface area (Å²) < 4.78 is 20.5. The van der Waals surface area contributed by atoms with Crippen molar-refractivity contribution in [2.45, 2.75) is 18.0 Å². The highest BCUT2D eigenvalue weighted by Crippen LogP contribution is 2.55. The van der Waals surface area contributed by atoms with Crippen molar-refractivity contribution in [3.8, 4) is 5.75 Å². The van der Waals surface area contributed by atoms with Gasteiger partial charge in [-0.25, -0.2) is 4.39 Å². The number of methoxy groups -OCH3 is 1. The summed E-state index contributed by atoms with van der Waals surface area (Å²) >= 11 is 0. The predicted molar refractivity (Wildman–Crippen MR) is 123 cm³/mol. The van der Waals surface area contributed by atoms with E-state index in [0.717, 1.165) is 22.5 Å². The quantitative estimate of drug-likeness (QED) is 0.714. The SMILES string of the molecule is COc1cccc(C2C=CC(CNC(=O)C3CC3(F)c3ccccc3)=C3C=NC=CC32)c1. The summed E-state index contributed by atoms with van der Waals surface area (Å²) in [6.45, 7) is 0.354. The first kappa shape index (κ1) is 20.4. The Bertz CT molecular complexity index is 1150. The van der Waals surface area contributed by atoms with Crippen molar-refractivity contribution >= 4 is 12.1 Å². The van der Waals surface area contributed by atoms with Gasteiger partial charge in [0.1, 0.15) is 11.4 Å². The number of alkyl halides is 1. The van der Waals surface area contributed by atoms with Gasteiger partial charge in [0.2, 0.25) is 5.91 Å². The van der Waals surface area contributed by atoms with Crippen molar-refractivity contribution in [2.75, 3.05) is 13.7 Å². The van der Waals surface area contributed by atoms with Gasteiger partial charge in [0.25, 0.3) is 0 Å². The molecule has 0 spiro atoms. The van der Waals surface area contributed by atoms with Gasteiger partial charge in [0.05, 0.1) is 13.0 Å². The van der Waals surface area contributed by atoms with Crippen molar-refractivity contribution in [1.82, 2.24) is 5.32 Å². The van der Waals surface area contributed by atoms with Crippen molar-refractivity contribution in [3.63, 3.8) is 0 Å².